The zero-order valence-corrected chi connectivity index (χ0v) is 17.6. The molecule has 0 aliphatic heterocycles. The molecule has 0 amide bonds. The topological polar surface area (TPSA) is 9.23 Å². The van der Waals surface area contributed by atoms with Crippen LogP contribution >= 0.6 is 11.8 Å². The summed E-state index contributed by atoms with van der Waals surface area (Å²) in [7, 11) is 0. The summed E-state index contributed by atoms with van der Waals surface area (Å²) in [4.78, 5) is 0. The zero-order valence-electron chi connectivity index (χ0n) is 16.8. The first kappa shape index (κ1) is 18.5. The third-order valence-corrected chi connectivity index (χ3v) is 8.50. The molecule has 0 aromatic heterocycles. The summed E-state index contributed by atoms with van der Waals surface area (Å²) in [5.41, 5.74) is 5.48. The summed E-state index contributed by atoms with van der Waals surface area (Å²) in [6.45, 7) is 9.82. The Balaban J connectivity index is 1.74. The van der Waals surface area contributed by atoms with Gasteiger partial charge in [0, 0.05) is 11.8 Å². The largest absolute Gasteiger partial charge is 0.498 e. The number of ether oxygens (including phenoxy) is 1. The van der Waals surface area contributed by atoms with E-state index >= 15 is 0 Å². The summed E-state index contributed by atoms with van der Waals surface area (Å²) in [6, 6.07) is 0. The van der Waals surface area contributed by atoms with Crippen LogP contribution in [0, 0.1) is 22.7 Å². The van der Waals surface area contributed by atoms with E-state index in [4.69, 9.17) is 4.74 Å². The van der Waals surface area contributed by atoms with Crippen LogP contribution in [0.4, 0.5) is 0 Å². The van der Waals surface area contributed by atoms with E-state index in [-0.39, 0.29) is 5.41 Å². The molecule has 4 aliphatic carbocycles. The quantitative estimate of drug-likeness (QED) is 0.499. The van der Waals surface area contributed by atoms with E-state index < -0.39 is 0 Å². The van der Waals surface area contributed by atoms with Crippen molar-refractivity contribution in [3.8, 4) is 0 Å². The zero-order chi connectivity index (χ0) is 18.4. The molecule has 0 bridgehead atoms. The van der Waals surface area contributed by atoms with Crippen molar-refractivity contribution in [2.75, 3.05) is 18.6 Å². The van der Waals surface area contributed by atoms with Crippen molar-refractivity contribution < 1.29 is 4.74 Å². The highest BCUT2D eigenvalue weighted by Gasteiger charge is 2.54. The molecule has 26 heavy (non-hydrogen) atoms. The maximum Gasteiger partial charge on any atom is 0.0962 e. The lowest BCUT2D eigenvalue weighted by Crippen LogP contribution is -2.43. The summed E-state index contributed by atoms with van der Waals surface area (Å²) >= 11 is 1.99. The van der Waals surface area contributed by atoms with Gasteiger partial charge in [0.05, 0.1) is 12.4 Å². The molecule has 1 fully saturated rings. The molecule has 0 aromatic carbocycles. The minimum atomic E-state index is 0.276. The first-order chi connectivity index (χ1) is 12.5. The summed E-state index contributed by atoms with van der Waals surface area (Å²) in [5, 5.41) is 0. The Morgan fingerprint density at radius 3 is 2.92 bits per heavy atom. The molecule has 4 rings (SSSR count). The van der Waals surface area contributed by atoms with Crippen LogP contribution in [-0.2, 0) is 4.74 Å². The summed E-state index contributed by atoms with van der Waals surface area (Å²) in [5.74, 6) is 3.98. The Kier molecular flexibility index (Phi) is 4.92. The predicted octanol–water partition coefficient (Wildman–Crippen LogP) is 6.69. The molecule has 4 atom stereocenters. The fraction of sp³-hybridized carbons (Fsp3) is 0.667. The van der Waals surface area contributed by atoms with Crippen molar-refractivity contribution in [1.82, 2.24) is 0 Å². The first-order valence-corrected chi connectivity index (χ1v) is 11.9. The van der Waals surface area contributed by atoms with Crippen LogP contribution in [0.5, 0.6) is 0 Å². The average molecular weight is 371 g/mol. The van der Waals surface area contributed by atoms with E-state index in [9.17, 15) is 0 Å². The van der Waals surface area contributed by atoms with Gasteiger partial charge in [-0.25, -0.2) is 0 Å². The monoisotopic (exact) mass is 370 g/mol. The third-order valence-electron chi connectivity index (χ3n) is 7.89. The van der Waals surface area contributed by atoms with Gasteiger partial charge >= 0.3 is 0 Å². The molecule has 4 aliphatic rings. The van der Waals surface area contributed by atoms with E-state index in [1.54, 1.807) is 11.1 Å². The smallest absolute Gasteiger partial charge is 0.0962 e. The first-order valence-electron chi connectivity index (χ1n) is 10.5. The molecular formula is C24H34OS. The van der Waals surface area contributed by atoms with Crippen molar-refractivity contribution in [2.24, 2.45) is 22.7 Å². The van der Waals surface area contributed by atoms with E-state index in [0.717, 1.165) is 24.9 Å². The maximum absolute atomic E-state index is 5.90. The van der Waals surface area contributed by atoms with E-state index in [2.05, 4.69) is 44.9 Å². The van der Waals surface area contributed by atoms with Crippen LogP contribution < -0.4 is 0 Å². The number of hydrogen-bond donors (Lipinski definition) is 0. The van der Waals surface area contributed by atoms with Crippen LogP contribution in [0.25, 0.3) is 0 Å². The van der Waals surface area contributed by atoms with Crippen molar-refractivity contribution in [3.05, 3.63) is 47.3 Å². The Bertz CT molecular complexity index is 684. The van der Waals surface area contributed by atoms with Gasteiger partial charge in [0.15, 0.2) is 0 Å². The molecule has 0 heterocycles. The number of allylic oxidation sites excluding steroid dienone is 7. The molecule has 142 valence electrons. The fourth-order valence-electron chi connectivity index (χ4n) is 6.34. The SMILES string of the molecule is C=C1CC[C@H]2[C@@H]3CC=C4C=C(OCC)CC[C@]4(CCSC)C3=CC[C@]12C. The van der Waals surface area contributed by atoms with E-state index in [0.29, 0.717) is 5.41 Å². The van der Waals surface area contributed by atoms with Gasteiger partial charge in [-0.05, 0) is 86.4 Å². The molecule has 0 aromatic rings. The van der Waals surface area contributed by atoms with Crippen LogP contribution in [0.3, 0.4) is 0 Å². The normalized spacial score (nSPS) is 38.6. The third kappa shape index (κ3) is 2.66. The average Bonchev–Trinajstić information content (AvgIpc) is 2.95. The van der Waals surface area contributed by atoms with Gasteiger partial charge in [-0.3, -0.25) is 0 Å². The Hall–Kier alpha value is -0.890. The lowest BCUT2D eigenvalue weighted by Gasteiger charge is -2.53. The second kappa shape index (κ2) is 6.93. The molecule has 0 saturated heterocycles. The lowest BCUT2D eigenvalue weighted by molar-refractivity contribution is 0.147. The van der Waals surface area contributed by atoms with Crippen molar-refractivity contribution in [1.29, 1.82) is 0 Å². The van der Waals surface area contributed by atoms with E-state index in [1.165, 1.54) is 55.6 Å². The molecular weight excluding hydrogens is 336 g/mol. The van der Waals surface area contributed by atoms with E-state index in [1.807, 2.05) is 11.8 Å². The molecule has 0 radical (unpaired) electrons. The number of hydrogen-bond acceptors (Lipinski definition) is 2. The van der Waals surface area contributed by atoms with Crippen LogP contribution in [0.15, 0.2) is 47.3 Å². The summed E-state index contributed by atoms with van der Waals surface area (Å²) < 4.78 is 5.90. The van der Waals surface area contributed by atoms with Crippen molar-refractivity contribution in [2.45, 2.75) is 58.8 Å². The molecule has 0 unspecified atom stereocenters. The van der Waals surface area contributed by atoms with Crippen molar-refractivity contribution >= 4 is 11.8 Å². The van der Waals surface area contributed by atoms with Gasteiger partial charge < -0.3 is 4.74 Å². The summed E-state index contributed by atoms with van der Waals surface area (Å²) in [6.07, 6.45) is 18.5. The van der Waals surface area contributed by atoms with Crippen LogP contribution in [-0.4, -0.2) is 18.6 Å². The van der Waals surface area contributed by atoms with Crippen LogP contribution in [0.1, 0.15) is 58.8 Å². The van der Waals surface area contributed by atoms with Crippen LogP contribution in [0.2, 0.25) is 0 Å². The van der Waals surface area contributed by atoms with Gasteiger partial charge in [0.1, 0.15) is 0 Å². The van der Waals surface area contributed by atoms with Gasteiger partial charge in [-0.15, -0.1) is 0 Å². The minimum absolute atomic E-state index is 0.276. The Morgan fingerprint density at radius 2 is 2.15 bits per heavy atom. The Morgan fingerprint density at radius 1 is 1.31 bits per heavy atom. The number of thioether (sulfide) groups is 1. The standard InChI is InChI=1S/C24H34OS/c1-5-25-19-10-13-24(14-15-26-4)18(16-19)7-8-20-21-9-6-17(2)23(21,3)12-11-22(20)24/h7,11,16,20-21H,2,5-6,8-10,12-15H2,1,3-4H3/t20-,21-,23+,24+/m0/s1. The Labute approximate surface area is 164 Å². The highest BCUT2D eigenvalue weighted by molar-refractivity contribution is 7.98. The lowest BCUT2D eigenvalue weighted by atomic mass is 9.52. The molecule has 0 spiro atoms. The molecule has 1 saturated carbocycles. The van der Waals surface area contributed by atoms with Gasteiger partial charge in [0.25, 0.3) is 0 Å². The van der Waals surface area contributed by atoms with Gasteiger partial charge in [-0.1, -0.05) is 36.8 Å². The van der Waals surface area contributed by atoms with Gasteiger partial charge in [0.2, 0.25) is 0 Å². The molecule has 0 N–H and O–H groups in total. The molecule has 1 nitrogen and oxygen atoms in total. The fourth-order valence-corrected chi connectivity index (χ4v) is 6.89. The number of fused-ring (bicyclic) bond motifs is 5. The van der Waals surface area contributed by atoms with Gasteiger partial charge in [-0.2, -0.15) is 11.8 Å². The second-order valence-corrected chi connectivity index (χ2v) is 9.89. The highest BCUT2D eigenvalue weighted by Crippen LogP contribution is 2.64. The maximum atomic E-state index is 5.90. The minimum Gasteiger partial charge on any atom is -0.498 e. The second-order valence-electron chi connectivity index (χ2n) is 8.90. The predicted molar refractivity (Wildman–Crippen MR) is 113 cm³/mol. The molecule has 2 heteroatoms. The van der Waals surface area contributed by atoms with Crippen molar-refractivity contribution in [3.63, 3.8) is 0 Å². The highest BCUT2D eigenvalue weighted by atomic mass is 32.2. The number of rotatable bonds is 5.